The highest BCUT2D eigenvalue weighted by molar-refractivity contribution is 7.88. The number of methoxy groups -OCH3 is 1. The summed E-state index contributed by atoms with van der Waals surface area (Å²) in [6.45, 7) is 0.370. The average Bonchev–Trinajstić information content (AvgIpc) is 3.31. The van der Waals surface area contributed by atoms with Gasteiger partial charge < -0.3 is 10.1 Å². The summed E-state index contributed by atoms with van der Waals surface area (Å²) in [6.07, 6.45) is 0. The minimum absolute atomic E-state index is 0.0704. The Kier molecular flexibility index (Phi) is 5.08. The predicted octanol–water partition coefficient (Wildman–Crippen LogP) is 2.52. The Hall–Kier alpha value is -3.17. The zero-order valence-electron chi connectivity index (χ0n) is 15.8. The third-order valence-electron chi connectivity index (χ3n) is 4.79. The Morgan fingerprint density at radius 1 is 1.14 bits per heavy atom. The molecule has 4 rings (SSSR count). The topological polar surface area (TPSA) is 104 Å². The second-order valence-corrected chi connectivity index (χ2v) is 8.69. The fourth-order valence-electron chi connectivity index (χ4n) is 3.21. The van der Waals surface area contributed by atoms with Crippen molar-refractivity contribution >= 4 is 21.7 Å². The number of ether oxygens (including phenoxy) is 1. The van der Waals surface area contributed by atoms with E-state index in [1.165, 1.54) is 4.31 Å². The van der Waals surface area contributed by atoms with E-state index in [1.807, 2.05) is 18.2 Å². The summed E-state index contributed by atoms with van der Waals surface area (Å²) in [5.41, 5.74) is 2.55. The molecule has 0 bridgehead atoms. The van der Waals surface area contributed by atoms with E-state index in [1.54, 1.807) is 43.5 Å². The summed E-state index contributed by atoms with van der Waals surface area (Å²) in [6, 6.07) is 15.7. The van der Waals surface area contributed by atoms with Crippen molar-refractivity contribution in [3.05, 3.63) is 77.0 Å². The van der Waals surface area contributed by atoms with Crippen LogP contribution in [-0.4, -0.2) is 35.9 Å². The zero-order chi connectivity index (χ0) is 20.4. The van der Waals surface area contributed by atoms with Crippen molar-refractivity contribution in [2.75, 3.05) is 12.4 Å². The highest BCUT2D eigenvalue weighted by atomic mass is 32.2. The molecule has 8 nitrogen and oxygen atoms in total. The van der Waals surface area contributed by atoms with Gasteiger partial charge in [-0.25, -0.2) is 8.42 Å². The molecule has 0 saturated heterocycles. The number of aromatic amines is 1. The first-order chi connectivity index (χ1) is 14.0. The van der Waals surface area contributed by atoms with Crippen LogP contribution in [-0.2, 0) is 28.9 Å². The molecule has 1 aromatic heterocycles. The maximum absolute atomic E-state index is 12.8. The molecule has 0 unspecified atom stereocenters. The molecule has 2 N–H and O–H groups in total. The molecular weight excluding hydrogens is 392 g/mol. The number of aromatic nitrogens is 2. The van der Waals surface area contributed by atoms with Gasteiger partial charge in [0.25, 0.3) is 5.91 Å². The van der Waals surface area contributed by atoms with Crippen molar-refractivity contribution in [3.63, 3.8) is 0 Å². The summed E-state index contributed by atoms with van der Waals surface area (Å²) in [5, 5.41) is 9.72. The van der Waals surface area contributed by atoms with Crippen molar-refractivity contribution in [1.82, 2.24) is 14.5 Å². The van der Waals surface area contributed by atoms with Gasteiger partial charge in [0.15, 0.2) is 5.82 Å². The molecule has 1 aliphatic rings. The fraction of sp³-hybridized carbons (Fsp3) is 0.200. The van der Waals surface area contributed by atoms with Crippen molar-refractivity contribution in [2.45, 2.75) is 18.8 Å². The SMILES string of the molecule is COc1ccc(C(=O)Nc2n[nH]c3c2CN(S(=O)(=O)Cc2ccccc2)C3)cc1. The summed E-state index contributed by atoms with van der Waals surface area (Å²) in [7, 11) is -1.94. The number of anilines is 1. The maximum atomic E-state index is 12.8. The van der Waals surface area contributed by atoms with Gasteiger partial charge in [0.2, 0.25) is 10.0 Å². The molecule has 1 amide bonds. The monoisotopic (exact) mass is 412 g/mol. The first-order valence-electron chi connectivity index (χ1n) is 8.99. The highest BCUT2D eigenvalue weighted by Gasteiger charge is 2.33. The molecule has 0 atom stereocenters. The number of fused-ring (bicyclic) bond motifs is 1. The number of carbonyl (C=O) groups excluding carboxylic acids is 1. The van der Waals surface area contributed by atoms with Crippen LogP contribution in [0.1, 0.15) is 27.2 Å². The van der Waals surface area contributed by atoms with Gasteiger partial charge in [-0.3, -0.25) is 9.89 Å². The number of H-pyrrole nitrogens is 1. The first kappa shape index (κ1) is 19.2. The number of sulfonamides is 1. The van der Waals surface area contributed by atoms with Crippen LogP contribution in [0, 0.1) is 0 Å². The van der Waals surface area contributed by atoms with Gasteiger partial charge in [0, 0.05) is 17.7 Å². The van der Waals surface area contributed by atoms with Gasteiger partial charge in [0.1, 0.15) is 5.75 Å². The minimum atomic E-state index is -3.50. The Morgan fingerprint density at radius 3 is 2.55 bits per heavy atom. The summed E-state index contributed by atoms with van der Waals surface area (Å²) < 4.78 is 32.0. The van der Waals surface area contributed by atoms with Crippen LogP contribution in [0.25, 0.3) is 0 Å². The zero-order valence-corrected chi connectivity index (χ0v) is 16.6. The number of benzene rings is 2. The van der Waals surface area contributed by atoms with Crippen molar-refractivity contribution < 1.29 is 17.9 Å². The third kappa shape index (κ3) is 4.01. The van der Waals surface area contributed by atoms with Crippen LogP contribution in [0.5, 0.6) is 5.75 Å². The lowest BCUT2D eigenvalue weighted by atomic mass is 10.2. The number of rotatable bonds is 6. The number of nitrogens with zero attached hydrogens (tertiary/aromatic N) is 2. The van der Waals surface area contributed by atoms with E-state index >= 15 is 0 Å². The molecule has 2 aromatic carbocycles. The number of hydrogen-bond acceptors (Lipinski definition) is 5. The van der Waals surface area contributed by atoms with Crippen LogP contribution in [0.4, 0.5) is 5.82 Å². The average molecular weight is 412 g/mol. The largest absolute Gasteiger partial charge is 0.497 e. The summed E-state index contributed by atoms with van der Waals surface area (Å²) >= 11 is 0. The molecule has 3 aromatic rings. The van der Waals surface area contributed by atoms with E-state index in [2.05, 4.69) is 15.5 Å². The van der Waals surface area contributed by atoms with Crippen molar-refractivity contribution in [2.24, 2.45) is 0 Å². The predicted molar refractivity (Wildman–Crippen MR) is 108 cm³/mol. The Bertz CT molecular complexity index is 1130. The van der Waals surface area contributed by atoms with Crippen molar-refractivity contribution in [1.29, 1.82) is 0 Å². The normalized spacial score (nSPS) is 13.8. The molecule has 0 saturated carbocycles. The van der Waals surface area contributed by atoms with Gasteiger partial charge >= 0.3 is 0 Å². The van der Waals surface area contributed by atoms with Crippen LogP contribution < -0.4 is 10.1 Å². The van der Waals surface area contributed by atoms with E-state index in [-0.39, 0.29) is 24.7 Å². The van der Waals surface area contributed by atoms with Gasteiger partial charge in [-0.1, -0.05) is 30.3 Å². The number of hydrogen-bond donors (Lipinski definition) is 2. The lowest BCUT2D eigenvalue weighted by Gasteiger charge is -2.16. The maximum Gasteiger partial charge on any atom is 0.256 e. The highest BCUT2D eigenvalue weighted by Crippen LogP contribution is 2.30. The molecule has 0 aliphatic carbocycles. The van der Waals surface area contributed by atoms with Crippen LogP contribution in [0.3, 0.4) is 0 Å². The molecular formula is C20H20N4O4S. The fourth-order valence-corrected chi connectivity index (χ4v) is 4.66. The second kappa shape index (κ2) is 7.69. The molecule has 0 radical (unpaired) electrons. The van der Waals surface area contributed by atoms with E-state index < -0.39 is 10.0 Å². The van der Waals surface area contributed by atoms with Gasteiger partial charge in [0.05, 0.1) is 25.1 Å². The summed E-state index contributed by atoms with van der Waals surface area (Å²) in [5.74, 6) is 0.603. The van der Waals surface area contributed by atoms with Gasteiger partial charge in [-0.15, -0.1) is 0 Å². The third-order valence-corrected chi connectivity index (χ3v) is 6.53. The summed E-state index contributed by atoms with van der Waals surface area (Å²) in [4.78, 5) is 12.5. The van der Waals surface area contributed by atoms with Gasteiger partial charge in [-0.2, -0.15) is 9.40 Å². The van der Waals surface area contributed by atoms with Gasteiger partial charge in [-0.05, 0) is 29.8 Å². The number of carbonyl (C=O) groups is 1. The second-order valence-electron chi connectivity index (χ2n) is 6.72. The minimum Gasteiger partial charge on any atom is -0.497 e. The molecule has 1 aliphatic heterocycles. The van der Waals surface area contributed by atoms with E-state index in [9.17, 15) is 13.2 Å². The smallest absolute Gasteiger partial charge is 0.256 e. The molecule has 0 spiro atoms. The Balaban J connectivity index is 1.47. The van der Waals surface area contributed by atoms with Crippen LogP contribution in [0.2, 0.25) is 0 Å². The first-order valence-corrected chi connectivity index (χ1v) is 10.6. The Labute approximate surface area is 168 Å². The van der Waals surface area contributed by atoms with E-state index in [4.69, 9.17) is 4.74 Å². The van der Waals surface area contributed by atoms with E-state index in [0.29, 0.717) is 28.4 Å². The van der Waals surface area contributed by atoms with Crippen molar-refractivity contribution in [3.8, 4) is 5.75 Å². The van der Waals surface area contributed by atoms with Crippen LogP contribution >= 0.6 is 0 Å². The quantitative estimate of drug-likeness (QED) is 0.647. The van der Waals surface area contributed by atoms with E-state index in [0.717, 1.165) is 5.56 Å². The Morgan fingerprint density at radius 2 is 1.86 bits per heavy atom. The molecule has 2 heterocycles. The molecule has 150 valence electrons. The number of nitrogens with one attached hydrogen (secondary N) is 2. The lowest BCUT2D eigenvalue weighted by Crippen LogP contribution is -2.27. The molecule has 29 heavy (non-hydrogen) atoms. The standard InChI is InChI=1S/C20H20N4O4S/c1-28-16-9-7-15(8-10-16)20(25)21-19-17-11-24(12-18(17)22-23-19)29(26,27)13-14-5-3-2-4-6-14/h2-10H,11-13H2,1H3,(H2,21,22,23,25). The molecule has 9 heteroatoms. The lowest BCUT2D eigenvalue weighted by molar-refractivity contribution is 0.102. The number of amides is 1. The van der Waals surface area contributed by atoms with Crippen LogP contribution in [0.15, 0.2) is 54.6 Å². The molecule has 0 fully saturated rings.